The number of nitrogens with one attached hydrogen (secondary N) is 1. The van der Waals surface area contributed by atoms with Crippen molar-refractivity contribution in [2.24, 2.45) is 11.8 Å². The van der Waals surface area contributed by atoms with Crippen molar-refractivity contribution in [3.63, 3.8) is 0 Å². The Hall–Kier alpha value is -1.16. The minimum atomic E-state index is -1.22. The standard InChI is InChI=1S/C14H19NO2/c1-11-7-3-5-9-13(11,16)15-14(17)10-6-4-8-12(14)2/h3-12,15-17H,1-2H3. The highest BCUT2D eigenvalue weighted by Crippen LogP contribution is 2.29. The van der Waals surface area contributed by atoms with E-state index in [0.29, 0.717) is 0 Å². The van der Waals surface area contributed by atoms with Gasteiger partial charge in [0.25, 0.3) is 0 Å². The molecule has 3 nitrogen and oxygen atoms in total. The van der Waals surface area contributed by atoms with E-state index < -0.39 is 11.4 Å². The van der Waals surface area contributed by atoms with Crippen molar-refractivity contribution in [2.75, 3.05) is 0 Å². The second-order valence-corrected chi connectivity index (χ2v) is 4.84. The van der Waals surface area contributed by atoms with Crippen molar-refractivity contribution in [3.8, 4) is 0 Å². The molecule has 0 radical (unpaired) electrons. The fourth-order valence-electron chi connectivity index (χ4n) is 2.09. The lowest BCUT2D eigenvalue weighted by molar-refractivity contribution is -0.0857. The van der Waals surface area contributed by atoms with Gasteiger partial charge in [0.1, 0.15) is 11.4 Å². The highest BCUT2D eigenvalue weighted by Gasteiger charge is 2.41. The molecule has 2 aliphatic rings. The van der Waals surface area contributed by atoms with Crippen molar-refractivity contribution < 1.29 is 10.2 Å². The van der Waals surface area contributed by atoms with Crippen LogP contribution in [0.3, 0.4) is 0 Å². The zero-order chi connectivity index (χ0) is 12.5. The molecule has 4 atom stereocenters. The number of rotatable bonds is 2. The average Bonchev–Trinajstić information content (AvgIpc) is 2.27. The topological polar surface area (TPSA) is 52.5 Å². The maximum Gasteiger partial charge on any atom is 0.143 e. The molecule has 0 heterocycles. The van der Waals surface area contributed by atoms with Gasteiger partial charge < -0.3 is 10.2 Å². The van der Waals surface area contributed by atoms with E-state index in [4.69, 9.17) is 0 Å². The Morgan fingerprint density at radius 2 is 1.24 bits per heavy atom. The summed E-state index contributed by atoms with van der Waals surface area (Å²) in [5, 5.41) is 24.0. The number of allylic oxidation sites excluding steroid dienone is 4. The fraction of sp³-hybridized carbons (Fsp3) is 0.429. The zero-order valence-corrected chi connectivity index (χ0v) is 10.2. The first-order valence-corrected chi connectivity index (χ1v) is 5.92. The summed E-state index contributed by atoms with van der Waals surface area (Å²) in [7, 11) is 0. The molecule has 0 aromatic heterocycles. The summed E-state index contributed by atoms with van der Waals surface area (Å²) in [6, 6.07) is 0. The third-order valence-corrected chi connectivity index (χ3v) is 3.51. The summed E-state index contributed by atoms with van der Waals surface area (Å²) in [5.74, 6) is -0.189. The van der Waals surface area contributed by atoms with Crippen molar-refractivity contribution in [1.82, 2.24) is 5.32 Å². The van der Waals surface area contributed by atoms with Crippen LogP contribution in [0, 0.1) is 11.8 Å². The molecular formula is C14H19NO2. The maximum atomic E-state index is 10.5. The molecule has 3 heteroatoms. The van der Waals surface area contributed by atoms with Gasteiger partial charge in [-0.3, -0.25) is 5.32 Å². The van der Waals surface area contributed by atoms with E-state index in [1.807, 2.05) is 38.2 Å². The summed E-state index contributed by atoms with van der Waals surface area (Å²) in [4.78, 5) is 0. The largest absolute Gasteiger partial charge is 0.371 e. The van der Waals surface area contributed by atoms with Crippen LogP contribution in [0.5, 0.6) is 0 Å². The van der Waals surface area contributed by atoms with Gasteiger partial charge in [-0.1, -0.05) is 50.3 Å². The summed E-state index contributed by atoms with van der Waals surface area (Å²) < 4.78 is 0. The molecule has 0 fully saturated rings. The molecule has 0 bridgehead atoms. The summed E-state index contributed by atoms with van der Waals surface area (Å²) in [5.41, 5.74) is -2.43. The van der Waals surface area contributed by atoms with Gasteiger partial charge in [0.2, 0.25) is 0 Å². The Morgan fingerprint density at radius 1 is 0.824 bits per heavy atom. The molecule has 0 saturated carbocycles. The zero-order valence-electron chi connectivity index (χ0n) is 10.2. The SMILES string of the molecule is CC1C=CC=CC1(O)NC1(O)C=CC=CC1C. The molecule has 2 rings (SSSR count). The quantitative estimate of drug-likeness (QED) is 0.633. The smallest absolute Gasteiger partial charge is 0.143 e. The van der Waals surface area contributed by atoms with Crippen LogP contribution in [0.2, 0.25) is 0 Å². The Morgan fingerprint density at radius 3 is 1.59 bits per heavy atom. The lowest BCUT2D eigenvalue weighted by Gasteiger charge is -2.42. The van der Waals surface area contributed by atoms with Crippen LogP contribution >= 0.6 is 0 Å². The highest BCUT2D eigenvalue weighted by molar-refractivity contribution is 5.25. The van der Waals surface area contributed by atoms with Gasteiger partial charge in [-0.05, 0) is 12.2 Å². The Kier molecular flexibility index (Phi) is 3.08. The predicted octanol–water partition coefficient (Wildman–Crippen LogP) is 1.48. The summed E-state index contributed by atoms with van der Waals surface area (Å²) >= 11 is 0. The van der Waals surface area contributed by atoms with E-state index in [1.54, 1.807) is 24.3 Å². The van der Waals surface area contributed by atoms with Gasteiger partial charge in [0.15, 0.2) is 0 Å². The average molecular weight is 233 g/mol. The predicted molar refractivity (Wildman–Crippen MR) is 67.9 cm³/mol. The molecule has 3 N–H and O–H groups in total. The van der Waals surface area contributed by atoms with Crippen molar-refractivity contribution in [3.05, 3.63) is 48.6 Å². The molecule has 0 saturated heterocycles. The van der Waals surface area contributed by atoms with Gasteiger partial charge in [-0.15, -0.1) is 0 Å². The third kappa shape index (κ3) is 2.27. The molecule has 0 aromatic rings. The Labute approximate surface area is 102 Å². The van der Waals surface area contributed by atoms with Crippen LogP contribution < -0.4 is 5.32 Å². The summed E-state index contributed by atoms with van der Waals surface area (Å²) in [6.45, 7) is 3.81. The van der Waals surface area contributed by atoms with E-state index in [-0.39, 0.29) is 11.8 Å². The lowest BCUT2D eigenvalue weighted by atomic mass is 9.87. The summed E-state index contributed by atoms with van der Waals surface area (Å²) in [6.07, 6.45) is 14.5. The van der Waals surface area contributed by atoms with E-state index in [1.165, 1.54) is 0 Å². The van der Waals surface area contributed by atoms with Crippen molar-refractivity contribution in [2.45, 2.75) is 25.3 Å². The lowest BCUT2D eigenvalue weighted by Crippen LogP contribution is -2.62. The first kappa shape index (κ1) is 12.3. The van der Waals surface area contributed by atoms with Crippen LogP contribution in [0.1, 0.15) is 13.8 Å². The van der Waals surface area contributed by atoms with Gasteiger partial charge in [-0.2, -0.15) is 0 Å². The van der Waals surface area contributed by atoms with Gasteiger partial charge >= 0.3 is 0 Å². The molecule has 0 spiro atoms. The third-order valence-electron chi connectivity index (χ3n) is 3.51. The molecule has 2 aliphatic carbocycles. The normalized spacial score (nSPS) is 44.2. The Balaban J connectivity index is 2.20. The van der Waals surface area contributed by atoms with Crippen LogP contribution in [0.15, 0.2) is 48.6 Å². The first-order chi connectivity index (χ1) is 7.96. The van der Waals surface area contributed by atoms with Gasteiger partial charge in [-0.25, -0.2) is 0 Å². The van der Waals surface area contributed by atoms with Crippen LogP contribution in [-0.4, -0.2) is 21.7 Å². The van der Waals surface area contributed by atoms with Crippen LogP contribution in [-0.2, 0) is 0 Å². The van der Waals surface area contributed by atoms with Crippen molar-refractivity contribution in [1.29, 1.82) is 0 Å². The minimum absolute atomic E-state index is 0.0944. The van der Waals surface area contributed by atoms with E-state index in [2.05, 4.69) is 5.32 Å². The monoisotopic (exact) mass is 233 g/mol. The number of aliphatic hydroxyl groups is 2. The second kappa shape index (κ2) is 4.26. The first-order valence-electron chi connectivity index (χ1n) is 5.92. The minimum Gasteiger partial charge on any atom is -0.371 e. The maximum absolute atomic E-state index is 10.5. The van der Waals surface area contributed by atoms with Crippen molar-refractivity contribution >= 4 is 0 Å². The molecule has 17 heavy (non-hydrogen) atoms. The molecule has 4 unspecified atom stereocenters. The second-order valence-electron chi connectivity index (χ2n) is 4.84. The Bertz CT molecular complexity index is 372. The van der Waals surface area contributed by atoms with E-state index in [9.17, 15) is 10.2 Å². The number of hydrogen-bond donors (Lipinski definition) is 3. The molecule has 0 aromatic carbocycles. The van der Waals surface area contributed by atoms with E-state index in [0.717, 1.165) is 0 Å². The van der Waals surface area contributed by atoms with E-state index >= 15 is 0 Å². The molecule has 0 aliphatic heterocycles. The molecule has 92 valence electrons. The fourth-order valence-corrected chi connectivity index (χ4v) is 2.09. The van der Waals surface area contributed by atoms with Gasteiger partial charge in [0, 0.05) is 11.8 Å². The van der Waals surface area contributed by atoms with Gasteiger partial charge in [0.05, 0.1) is 0 Å². The molecule has 0 amide bonds. The molecular weight excluding hydrogens is 214 g/mol. The number of hydrogen-bond acceptors (Lipinski definition) is 3. The van der Waals surface area contributed by atoms with Crippen LogP contribution in [0.4, 0.5) is 0 Å². The highest BCUT2D eigenvalue weighted by atomic mass is 16.3. The van der Waals surface area contributed by atoms with Crippen LogP contribution in [0.25, 0.3) is 0 Å².